The van der Waals surface area contributed by atoms with Gasteiger partial charge in [-0.25, -0.2) is 4.98 Å². The van der Waals surface area contributed by atoms with Crippen molar-refractivity contribution in [3.05, 3.63) is 26.3 Å². The van der Waals surface area contributed by atoms with Crippen LogP contribution >= 0.6 is 15.9 Å². The molecule has 92 valence electrons. The predicted octanol–water partition coefficient (Wildman–Crippen LogP) is 1.90. The van der Waals surface area contributed by atoms with Gasteiger partial charge < -0.3 is 9.64 Å². The van der Waals surface area contributed by atoms with Gasteiger partial charge in [0.15, 0.2) is 0 Å². The van der Waals surface area contributed by atoms with Crippen LogP contribution in [0.5, 0.6) is 0 Å². The minimum absolute atomic E-state index is 0.0360. The number of aryl methyl sites for hydroxylation is 1. The summed E-state index contributed by atoms with van der Waals surface area (Å²) in [5.74, 6) is 0.747. The van der Waals surface area contributed by atoms with Crippen molar-refractivity contribution >= 4 is 27.4 Å². The van der Waals surface area contributed by atoms with Gasteiger partial charge in [0.2, 0.25) is 0 Å². The van der Waals surface area contributed by atoms with E-state index < -0.39 is 4.92 Å². The summed E-state index contributed by atoms with van der Waals surface area (Å²) in [5, 5.41) is 10.8. The molecule has 1 fully saturated rings. The topological polar surface area (TPSA) is 68.5 Å². The molecule has 0 saturated carbocycles. The molecule has 0 unspecified atom stereocenters. The zero-order valence-electron chi connectivity index (χ0n) is 9.35. The number of hydrogen-bond acceptors (Lipinski definition) is 5. The van der Waals surface area contributed by atoms with Crippen molar-refractivity contribution in [3.8, 4) is 0 Å². The summed E-state index contributed by atoms with van der Waals surface area (Å²) in [5.41, 5.74) is 0.466. The molecule has 1 aromatic heterocycles. The summed E-state index contributed by atoms with van der Waals surface area (Å²) < 4.78 is 5.91. The van der Waals surface area contributed by atoms with Crippen LogP contribution < -0.4 is 4.90 Å². The second-order valence-corrected chi connectivity index (χ2v) is 4.61. The van der Waals surface area contributed by atoms with E-state index in [-0.39, 0.29) is 5.69 Å². The van der Waals surface area contributed by atoms with E-state index in [0.29, 0.717) is 23.4 Å². The summed E-state index contributed by atoms with van der Waals surface area (Å²) in [4.78, 5) is 16.7. The first kappa shape index (κ1) is 12.3. The lowest BCUT2D eigenvalue weighted by molar-refractivity contribution is -0.385. The van der Waals surface area contributed by atoms with Crippen LogP contribution in [0.15, 0.2) is 10.5 Å². The fourth-order valence-electron chi connectivity index (χ4n) is 1.74. The van der Waals surface area contributed by atoms with Gasteiger partial charge in [-0.15, -0.1) is 0 Å². The highest BCUT2D eigenvalue weighted by Crippen LogP contribution is 2.30. The maximum atomic E-state index is 10.8. The van der Waals surface area contributed by atoms with E-state index in [2.05, 4.69) is 25.8 Å². The lowest BCUT2D eigenvalue weighted by Gasteiger charge is -2.28. The van der Waals surface area contributed by atoms with E-state index in [9.17, 15) is 10.1 Å². The first-order chi connectivity index (χ1) is 8.09. The molecule has 0 aromatic carbocycles. The number of rotatable bonds is 2. The maximum absolute atomic E-state index is 10.8. The number of morpholine rings is 1. The third-order valence-electron chi connectivity index (χ3n) is 2.63. The van der Waals surface area contributed by atoms with Gasteiger partial charge in [0.05, 0.1) is 22.6 Å². The first-order valence-electron chi connectivity index (χ1n) is 5.24. The number of anilines is 1. The zero-order chi connectivity index (χ0) is 12.4. The van der Waals surface area contributed by atoms with Gasteiger partial charge in [0.25, 0.3) is 5.69 Å². The molecule has 0 atom stereocenters. The van der Waals surface area contributed by atoms with Crippen LogP contribution in [0.1, 0.15) is 5.69 Å². The highest BCUT2D eigenvalue weighted by molar-refractivity contribution is 9.10. The molecule has 0 amide bonds. The summed E-state index contributed by atoms with van der Waals surface area (Å²) in [6.07, 6.45) is 0. The monoisotopic (exact) mass is 301 g/mol. The Morgan fingerprint density at radius 2 is 2.18 bits per heavy atom. The quantitative estimate of drug-likeness (QED) is 0.616. The highest BCUT2D eigenvalue weighted by atomic mass is 79.9. The van der Waals surface area contributed by atoms with Crippen molar-refractivity contribution in [3.63, 3.8) is 0 Å². The summed E-state index contributed by atoms with van der Waals surface area (Å²) in [6.45, 7) is 4.47. The van der Waals surface area contributed by atoms with Gasteiger partial charge >= 0.3 is 0 Å². The first-order valence-corrected chi connectivity index (χ1v) is 6.03. The van der Waals surface area contributed by atoms with Crippen LogP contribution in [-0.4, -0.2) is 36.2 Å². The average Bonchev–Trinajstić information content (AvgIpc) is 2.32. The van der Waals surface area contributed by atoms with Crippen molar-refractivity contribution in [2.75, 3.05) is 31.2 Å². The van der Waals surface area contributed by atoms with Crippen LogP contribution in [-0.2, 0) is 4.74 Å². The molecule has 2 rings (SSSR count). The minimum atomic E-state index is -0.420. The number of nitrogens with zero attached hydrogens (tertiary/aromatic N) is 3. The van der Waals surface area contributed by atoms with Gasteiger partial charge in [0.1, 0.15) is 11.5 Å². The average molecular weight is 302 g/mol. The summed E-state index contributed by atoms with van der Waals surface area (Å²) in [6, 6.07) is 1.51. The Hall–Kier alpha value is -1.21. The third kappa shape index (κ3) is 2.55. The van der Waals surface area contributed by atoms with E-state index in [1.807, 2.05) is 0 Å². The number of pyridine rings is 1. The van der Waals surface area contributed by atoms with Crippen molar-refractivity contribution in [1.82, 2.24) is 4.98 Å². The zero-order valence-corrected chi connectivity index (χ0v) is 10.9. The number of aromatic nitrogens is 1. The van der Waals surface area contributed by atoms with Crippen LogP contribution in [0.4, 0.5) is 11.5 Å². The van der Waals surface area contributed by atoms with E-state index in [4.69, 9.17) is 4.74 Å². The second-order valence-electron chi connectivity index (χ2n) is 3.75. The van der Waals surface area contributed by atoms with E-state index in [0.717, 1.165) is 18.9 Å². The lowest BCUT2D eigenvalue weighted by atomic mass is 10.3. The summed E-state index contributed by atoms with van der Waals surface area (Å²) in [7, 11) is 0. The molecule has 0 aliphatic carbocycles. The molecule has 0 N–H and O–H groups in total. The van der Waals surface area contributed by atoms with E-state index in [1.165, 1.54) is 6.07 Å². The van der Waals surface area contributed by atoms with E-state index in [1.54, 1.807) is 6.92 Å². The van der Waals surface area contributed by atoms with Gasteiger partial charge in [-0.2, -0.15) is 0 Å². The Morgan fingerprint density at radius 3 is 2.76 bits per heavy atom. The number of halogens is 1. The fraction of sp³-hybridized carbons (Fsp3) is 0.500. The molecular formula is C10H12BrN3O3. The van der Waals surface area contributed by atoms with Crippen molar-refractivity contribution in [2.24, 2.45) is 0 Å². The van der Waals surface area contributed by atoms with Gasteiger partial charge in [-0.1, -0.05) is 0 Å². The normalized spacial score (nSPS) is 16.0. The molecule has 1 aliphatic heterocycles. The Morgan fingerprint density at radius 1 is 1.53 bits per heavy atom. The number of ether oxygens (including phenoxy) is 1. The maximum Gasteiger partial charge on any atom is 0.291 e. The Labute approximate surface area is 107 Å². The molecule has 0 spiro atoms. The second kappa shape index (κ2) is 4.97. The molecule has 1 saturated heterocycles. The van der Waals surface area contributed by atoms with Gasteiger partial charge in [0, 0.05) is 19.2 Å². The standard InChI is InChI=1S/C10H12BrN3O3/c1-7-9(14(15)16)6-8(11)10(12-7)13-2-4-17-5-3-13/h6H,2-5H2,1H3. The molecule has 2 heterocycles. The molecule has 0 radical (unpaired) electrons. The number of nitro groups is 1. The molecule has 0 bridgehead atoms. The Bertz CT molecular complexity index is 447. The summed E-state index contributed by atoms with van der Waals surface area (Å²) >= 11 is 3.34. The van der Waals surface area contributed by atoms with Gasteiger partial charge in [-0.05, 0) is 22.9 Å². The molecule has 17 heavy (non-hydrogen) atoms. The molecule has 7 heteroatoms. The van der Waals surface area contributed by atoms with Crippen LogP contribution in [0.2, 0.25) is 0 Å². The van der Waals surface area contributed by atoms with Crippen molar-refractivity contribution in [1.29, 1.82) is 0 Å². The highest BCUT2D eigenvalue weighted by Gasteiger charge is 2.20. The third-order valence-corrected chi connectivity index (χ3v) is 3.21. The number of hydrogen-bond donors (Lipinski definition) is 0. The molecule has 1 aliphatic rings. The predicted molar refractivity (Wildman–Crippen MR) is 66.4 cm³/mol. The van der Waals surface area contributed by atoms with Gasteiger partial charge in [-0.3, -0.25) is 10.1 Å². The minimum Gasteiger partial charge on any atom is -0.378 e. The van der Waals surface area contributed by atoms with Crippen LogP contribution in [0.25, 0.3) is 0 Å². The Kier molecular flexibility index (Phi) is 3.58. The lowest BCUT2D eigenvalue weighted by Crippen LogP contribution is -2.37. The van der Waals surface area contributed by atoms with E-state index >= 15 is 0 Å². The largest absolute Gasteiger partial charge is 0.378 e. The Balaban J connectivity index is 2.35. The molecule has 6 nitrogen and oxygen atoms in total. The molecular weight excluding hydrogens is 290 g/mol. The fourth-order valence-corrected chi connectivity index (χ4v) is 2.30. The van der Waals surface area contributed by atoms with Crippen LogP contribution in [0, 0.1) is 17.0 Å². The molecule has 1 aromatic rings. The SMILES string of the molecule is Cc1nc(N2CCOCC2)c(Br)cc1[N+](=O)[O-]. The smallest absolute Gasteiger partial charge is 0.291 e. The van der Waals surface area contributed by atoms with Crippen LogP contribution in [0.3, 0.4) is 0 Å². The van der Waals surface area contributed by atoms with Crippen molar-refractivity contribution in [2.45, 2.75) is 6.92 Å². The van der Waals surface area contributed by atoms with Crippen molar-refractivity contribution < 1.29 is 9.66 Å².